The fourth-order valence-corrected chi connectivity index (χ4v) is 2.74. The Labute approximate surface area is 99.6 Å². The monoisotopic (exact) mass is 230 g/mol. The lowest BCUT2D eigenvalue weighted by Gasteiger charge is -2.31. The molecule has 0 aliphatic carbocycles. The average Bonchev–Trinajstić information content (AvgIpc) is 2.78. The van der Waals surface area contributed by atoms with Crippen molar-refractivity contribution >= 4 is 11.8 Å². The van der Waals surface area contributed by atoms with Crippen molar-refractivity contribution in [3.05, 3.63) is 35.4 Å². The molecule has 2 heterocycles. The van der Waals surface area contributed by atoms with Gasteiger partial charge in [-0.15, -0.1) is 0 Å². The first-order valence-corrected chi connectivity index (χ1v) is 5.80. The molecule has 1 aromatic carbocycles. The van der Waals surface area contributed by atoms with E-state index in [9.17, 15) is 9.59 Å². The second-order valence-corrected chi connectivity index (χ2v) is 4.75. The molecule has 1 aromatic rings. The summed E-state index contributed by atoms with van der Waals surface area (Å²) in [6.45, 7) is 2.21. The summed E-state index contributed by atoms with van der Waals surface area (Å²) in [5, 5.41) is 2.96. The van der Waals surface area contributed by atoms with E-state index in [-0.39, 0.29) is 18.4 Å². The molecule has 2 fully saturated rings. The molecule has 0 bridgehead atoms. The highest BCUT2D eigenvalue weighted by Crippen LogP contribution is 2.39. The van der Waals surface area contributed by atoms with E-state index in [0.29, 0.717) is 12.8 Å². The standard InChI is InChI=1S/C13H14N2O2/c1-9-2-4-10(5-3-9)13-7-6-12(17)15(13)8-11(16)14-13/h2-5H,6-8H2,1H3,(H,14,16). The first-order valence-electron chi connectivity index (χ1n) is 5.80. The van der Waals surface area contributed by atoms with Crippen LogP contribution in [0.3, 0.4) is 0 Å². The zero-order valence-corrected chi connectivity index (χ0v) is 9.69. The Morgan fingerprint density at radius 1 is 1.24 bits per heavy atom. The number of nitrogens with zero attached hydrogens (tertiary/aromatic N) is 1. The van der Waals surface area contributed by atoms with Crippen LogP contribution in [-0.2, 0) is 15.3 Å². The van der Waals surface area contributed by atoms with E-state index in [1.54, 1.807) is 4.90 Å². The molecule has 4 heteroatoms. The third kappa shape index (κ3) is 1.37. The van der Waals surface area contributed by atoms with Crippen molar-refractivity contribution in [2.45, 2.75) is 25.4 Å². The fourth-order valence-electron chi connectivity index (χ4n) is 2.74. The zero-order valence-electron chi connectivity index (χ0n) is 9.69. The van der Waals surface area contributed by atoms with Crippen molar-refractivity contribution in [3.63, 3.8) is 0 Å². The third-order valence-electron chi connectivity index (χ3n) is 3.64. The largest absolute Gasteiger partial charge is 0.328 e. The summed E-state index contributed by atoms with van der Waals surface area (Å²) in [6.07, 6.45) is 1.18. The first-order chi connectivity index (χ1) is 8.12. The number of aryl methyl sites for hydroxylation is 1. The van der Waals surface area contributed by atoms with Gasteiger partial charge >= 0.3 is 0 Å². The smallest absolute Gasteiger partial charge is 0.241 e. The lowest BCUT2D eigenvalue weighted by molar-refractivity contribution is -0.131. The number of carbonyl (C=O) groups is 2. The van der Waals surface area contributed by atoms with E-state index in [4.69, 9.17) is 0 Å². The lowest BCUT2D eigenvalue weighted by atomic mass is 9.96. The summed E-state index contributed by atoms with van der Waals surface area (Å²) in [6, 6.07) is 8.00. The van der Waals surface area contributed by atoms with Gasteiger partial charge in [0.15, 0.2) is 0 Å². The van der Waals surface area contributed by atoms with Crippen LogP contribution in [0.1, 0.15) is 24.0 Å². The van der Waals surface area contributed by atoms with Gasteiger partial charge in [-0.3, -0.25) is 9.59 Å². The van der Waals surface area contributed by atoms with Crippen LogP contribution in [0, 0.1) is 6.92 Å². The Hall–Kier alpha value is -1.84. The topological polar surface area (TPSA) is 49.4 Å². The van der Waals surface area contributed by atoms with Crippen LogP contribution in [0.15, 0.2) is 24.3 Å². The summed E-state index contributed by atoms with van der Waals surface area (Å²) in [5.41, 5.74) is 1.59. The maximum absolute atomic E-state index is 11.8. The maximum atomic E-state index is 11.8. The number of rotatable bonds is 1. The van der Waals surface area contributed by atoms with Crippen LogP contribution in [0.2, 0.25) is 0 Å². The molecule has 0 aromatic heterocycles. The maximum Gasteiger partial charge on any atom is 0.241 e. The van der Waals surface area contributed by atoms with Gasteiger partial charge in [-0.05, 0) is 12.5 Å². The Bertz CT molecular complexity index is 495. The molecule has 2 aliphatic rings. The van der Waals surface area contributed by atoms with Crippen molar-refractivity contribution in [1.82, 2.24) is 10.2 Å². The second kappa shape index (κ2) is 3.32. The van der Waals surface area contributed by atoms with Gasteiger partial charge in [0.25, 0.3) is 0 Å². The van der Waals surface area contributed by atoms with E-state index in [1.165, 1.54) is 5.56 Å². The van der Waals surface area contributed by atoms with E-state index < -0.39 is 5.66 Å². The molecule has 17 heavy (non-hydrogen) atoms. The molecule has 0 saturated carbocycles. The summed E-state index contributed by atoms with van der Waals surface area (Å²) < 4.78 is 0. The van der Waals surface area contributed by atoms with Crippen molar-refractivity contribution < 1.29 is 9.59 Å². The Kier molecular flexibility index (Phi) is 2.02. The number of hydrogen-bond donors (Lipinski definition) is 1. The van der Waals surface area contributed by atoms with Gasteiger partial charge in [0, 0.05) is 12.8 Å². The molecule has 1 N–H and O–H groups in total. The molecule has 0 spiro atoms. The molecule has 1 unspecified atom stereocenters. The molecule has 4 nitrogen and oxygen atoms in total. The molecule has 3 rings (SSSR count). The van der Waals surface area contributed by atoms with Crippen molar-refractivity contribution in [3.8, 4) is 0 Å². The Morgan fingerprint density at radius 2 is 1.94 bits per heavy atom. The van der Waals surface area contributed by atoms with Crippen LogP contribution < -0.4 is 5.32 Å². The molecule has 88 valence electrons. The molecule has 2 aliphatic heterocycles. The van der Waals surface area contributed by atoms with Crippen LogP contribution in [-0.4, -0.2) is 23.3 Å². The number of benzene rings is 1. The summed E-state index contributed by atoms with van der Waals surface area (Å²) >= 11 is 0. The van der Waals surface area contributed by atoms with Gasteiger partial charge in [0.1, 0.15) is 12.2 Å². The van der Waals surface area contributed by atoms with Gasteiger partial charge in [0.2, 0.25) is 11.8 Å². The van der Waals surface area contributed by atoms with Crippen LogP contribution >= 0.6 is 0 Å². The molecule has 1 atom stereocenters. The average molecular weight is 230 g/mol. The van der Waals surface area contributed by atoms with E-state index >= 15 is 0 Å². The minimum Gasteiger partial charge on any atom is -0.328 e. The van der Waals surface area contributed by atoms with Gasteiger partial charge in [0.05, 0.1) is 0 Å². The molecule has 2 saturated heterocycles. The predicted molar refractivity (Wildman–Crippen MR) is 61.9 cm³/mol. The van der Waals surface area contributed by atoms with Crippen LogP contribution in [0.25, 0.3) is 0 Å². The lowest BCUT2D eigenvalue weighted by Crippen LogP contribution is -2.45. The molecule has 2 amide bonds. The summed E-state index contributed by atoms with van der Waals surface area (Å²) in [7, 11) is 0. The predicted octanol–water partition coefficient (Wildman–Crippen LogP) is 0.900. The Morgan fingerprint density at radius 3 is 2.65 bits per heavy atom. The first kappa shape index (κ1) is 10.3. The van der Waals surface area contributed by atoms with Gasteiger partial charge in [-0.25, -0.2) is 0 Å². The second-order valence-electron chi connectivity index (χ2n) is 4.75. The highest BCUT2D eigenvalue weighted by Gasteiger charge is 2.52. The van der Waals surface area contributed by atoms with Crippen molar-refractivity contribution in [2.75, 3.05) is 6.54 Å². The van der Waals surface area contributed by atoms with Crippen molar-refractivity contribution in [1.29, 1.82) is 0 Å². The highest BCUT2D eigenvalue weighted by atomic mass is 16.2. The summed E-state index contributed by atoms with van der Waals surface area (Å²) in [4.78, 5) is 25.0. The fraction of sp³-hybridized carbons (Fsp3) is 0.385. The number of hydrogen-bond acceptors (Lipinski definition) is 2. The Balaban J connectivity index is 2.07. The molecule has 0 radical (unpaired) electrons. The van der Waals surface area contributed by atoms with E-state index in [2.05, 4.69) is 5.32 Å². The van der Waals surface area contributed by atoms with Crippen LogP contribution in [0.4, 0.5) is 0 Å². The molecular formula is C13H14N2O2. The highest BCUT2D eigenvalue weighted by molar-refractivity contribution is 5.91. The summed E-state index contributed by atoms with van der Waals surface area (Å²) in [5.74, 6) is -0.0115. The number of nitrogens with one attached hydrogen (secondary N) is 1. The van der Waals surface area contributed by atoms with Crippen LogP contribution in [0.5, 0.6) is 0 Å². The molecular weight excluding hydrogens is 216 g/mol. The number of fused-ring (bicyclic) bond motifs is 1. The van der Waals surface area contributed by atoms with E-state index in [0.717, 1.165) is 5.56 Å². The third-order valence-corrected chi connectivity index (χ3v) is 3.64. The van der Waals surface area contributed by atoms with Crippen molar-refractivity contribution in [2.24, 2.45) is 0 Å². The number of amides is 2. The minimum atomic E-state index is -0.581. The van der Waals surface area contributed by atoms with Gasteiger partial charge in [-0.2, -0.15) is 0 Å². The normalized spacial score (nSPS) is 27.2. The quantitative estimate of drug-likeness (QED) is 0.779. The number of carbonyl (C=O) groups excluding carboxylic acids is 2. The van der Waals surface area contributed by atoms with Gasteiger partial charge in [-0.1, -0.05) is 29.8 Å². The van der Waals surface area contributed by atoms with E-state index in [1.807, 2.05) is 31.2 Å². The SMILES string of the molecule is Cc1ccc(C23CCC(=O)N2CC(=O)N3)cc1. The minimum absolute atomic E-state index is 0.0592. The zero-order chi connectivity index (χ0) is 12.0. The van der Waals surface area contributed by atoms with Gasteiger partial charge < -0.3 is 10.2 Å².